The predicted molar refractivity (Wildman–Crippen MR) is 142 cm³/mol. The average molecular weight is 496 g/mol. The number of benzene rings is 3. The van der Waals surface area contributed by atoms with Crippen molar-refractivity contribution in [2.45, 2.75) is 25.0 Å². The van der Waals surface area contributed by atoms with Gasteiger partial charge in [-0.2, -0.15) is 4.98 Å². The van der Waals surface area contributed by atoms with Crippen molar-refractivity contribution < 1.29 is 9.59 Å². The molecule has 0 saturated carbocycles. The first-order valence-corrected chi connectivity index (χ1v) is 12.6. The van der Waals surface area contributed by atoms with Crippen LogP contribution < -0.4 is 10.6 Å². The number of hydrogen-bond donors (Lipinski definition) is 2. The summed E-state index contributed by atoms with van der Waals surface area (Å²) in [6.07, 6.45) is 0. The van der Waals surface area contributed by atoms with E-state index in [0.29, 0.717) is 33.6 Å². The minimum absolute atomic E-state index is 0.0116. The number of Topliss-reactive ketones (excluding diaryl/α,β-unsaturated/α-hetero) is 1. The zero-order chi connectivity index (χ0) is 25.1. The van der Waals surface area contributed by atoms with E-state index in [2.05, 4.69) is 15.6 Å². The molecule has 1 atom stereocenters. The molecule has 5 rings (SSSR count). The first-order chi connectivity index (χ1) is 17.5. The number of fused-ring (bicyclic) bond motifs is 1. The lowest BCUT2D eigenvalue weighted by molar-refractivity contribution is -0.113. The largest absolute Gasteiger partial charge is 0.328 e. The fraction of sp³-hybridized carbons (Fsp3) is 0.143. The zero-order valence-electron chi connectivity index (χ0n) is 19.9. The smallest absolute Gasteiger partial charge is 0.255 e. The number of allylic oxidation sites excluding steroid dienone is 1. The minimum atomic E-state index is -0.471. The van der Waals surface area contributed by atoms with Gasteiger partial charge in [-0.3, -0.25) is 9.59 Å². The molecule has 0 unspecified atom stereocenters. The molecule has 2 heterocycles. The van der Waals surface area contributed by atoms with Crippen molar-refractivity contribution in [2.24, 2.45) is 0 Å². The maximum Gasteiger partial charge on any atom is 0.255 e. The Morgan fingerprint density at radius 2 is 1.61 bits per heavy atom. The third kappa shape index (κ3) is 4.94. The van der Waals surface area contributed by atoms with Gasteiger partial charge in [-0.25, -0.2) is 4.68 Å². The van der Waals surface area contributed by atoms with E-state index in [1.807, 2.05) is 98.8 Å². The summed E-state index contributed by atoms with van der Waals surface area (Å²) < 4.78 is 1.72. The Balaban J connectivity index is 1.43. The molecule has 2 N–H and O–H groups in total. The molecule has 0 saturated heterocycles. The monoisotopic (exact) mass is 495 g/mol. The van der Waals surface area contributed by atoms with Gasteiger partial charge in [0.1, 0.15) is 6.04 Å². The van der Waals surface area contributed by atoms with E-state index in [9.17, 15) is 9.59 Å². The molecular weight excluding hydrogens is 470 g/mol. The third-order valence-electron chi connectivity index (χ3n) is 5.93. The number of carbonyl (C=O) groups excluding carboxylic acids is 2. The highest BCUT2D eigenvalue weighted by Gasteiger charge is 2.34. The van der Waals surface area contributed by atoms with Gasteiger partial charge < -0.3 is 10.6 Å². The molecule has 36 heavy (non-hydrogen) atoms. The molecule has 0 bridgehead atoms. The summed E-state index contributed by atoms with van der Waals surface area (Å²) in [5.41, 5.74) is 4.64. The number of nitrogens with one attached hydrogen (secondary N) is 2. The van der Waals surface area contributed by atoms with Gasteiger partial charge in [0, 0.05) is 16.9 Å². The molecule has 1 aliphatic rings. The van der Waals surface area contributed by atoms with E-state index in [4.69, 9.17) is 5.10 Å². The van der Waals surface area contributed by atoms with Crippen LogP contribution in [0.15, 0.2) is 101 Å². The summed E-state index contributed by atoms with van der Waals surface area (Å²) >= 11 is 1.28. The van der Waals surface area contributed by atoms with Gasteiger partial charge in [0.2, 0.25) is 11.1 Å². The Labute approximate surface area is 213 Å². The van der Waals surface area contributed by atoms with E-state index in [1.165, 1.54) is 11.8 Å². The van der Waals surface area contributed by atoms with Crippen LogP contribution in [0.5, 0.6) is 0 Å². The first-order valence-electron chi connectivity index (χ1n) is 11.6. The summed E-state index contributed by atoms with van der Waals surface area (Å²) in [5, 5.41) is 11.4. The first kappa shape index (κ1) is 23.6. The third-order valence-corrected chi connectivity index (χ3v) is 6.77. The van der Waals surface area contributed by atoms with Crippen molar-refractivity contribution in [2.75, 3.05) is 16.4 Å². The van der Waals surface area contributed by atoms with Crippen LogP contribution in [0.3, 0.4) is 0 Å². The van der Waals surface area contributed by atoms with Crippen molar-refractivity contribution in [1.82, 2.24) is 14.8 Å². The molecule has 4 aromatic rings. The van der Waals surface area contributed by atoms with Crippen molar-refractivity contribution in [3.63, 3.8) is 0 Å². The summed E-state index contributed by atoms with van der Waals surface area (Å²) in [6.45, 7) is 3.85. The van der Waals surface area contributed by atoms with Crippen LogP contribution in [0.2, 0.25) is 0 Å². The lowest BCUT2D eigenvalue weighted by Gasteiger charge is -2.28. The fourth-order valence-corrected chi connectivity index (χ4v) is 4.83. The Morgan fingerprint density at radius 3 is 2.31 bits per heavy atom. The fourth-order valence-electron chi connectivity index (χ4n) is 4.10. The SMILES string of the molecule is CC1=C(C(=O)Nc2ccccc2)[C@@H](c2ccccc2)n2nc(SCC(=O)c3ccc(C)cc3)nc2N1. The molecule has 3 aromatic carbocycles. The van der Waals surface area contributed by atoms with Gasteiger partial charge in [0.25, 0.3) is 5.91 Å². The van der Waals surface area contributed by atoms with Gasteiger partial charge in [-0.15, -0.1) is 5.10 Å². The van der Waals surface area contributed by atoms with Crippen LogP contribution in [0.1, 0.15) is 34.5 Å². The number of aryl methyl sites for hydroxylation is 1. The Bertz CT molecular complexity index is 1430. The van der Waals surface area contributed by atoms with Gasteiger partial charge in [-0.1, -0.05) is 90.1 Å². The Kier molecular flexibility index (Phi) is 6.69. The average Bonchev–Trinajstić information content (AvgIpc) is 3.30. The van der Waals surface area contributed by atoms with Crippen LogP contribution in [0.25, 0.3) is 0 Å². The number of carbonyl (C=O) groups is 2. The van der Waals surface area contributed by atoms with Gasteiger partial charge in [0.15, 0.2) is 5.78 Å². The molecule has 8 heteroatoms. The van der Waals surface area contributed by atoms with Crippen LogP contribution >= 0.6 is 11.8 Å². The van der Waals surface area contributed by atoms with Gasteiger partial charge in [-0.05, 0) is 31.5 Å². The molecule has 180 valence electrons. The second-order valence-corrected chi connectivity index (χ2v) is 9.48. The van der Waals surface area contributed by atoms with Gasteiger partial charge in [0.05, 0.1) is 11.3 Å². The number of para-hydroxylation sites is 1. The van der Waals surface area contributed by atoms with Crippen molar-refractivity contribution in [3.8, 4) is 0 Å². The quantitative estimate of drug-likeness (QED) is 0.260. The number of thioether (sulfide) groups is 1. The van der Waals surface area contributed by atoms with Crippen LogP contribution in [0, 0.1) is 6.92 Å². The highest BCUT2D eigenvalue weighted by molar-refractivity contribution is 7.99. The van der Waals surface area contributed by atoms with Crippen molar-refractivity contribution in [3.05, 3.63) is 113 Å². The highest BCUT2D eigenvalue weighted by atomic mass is 32.2. The maximum absolute atomic E-state index is 13.5. The summed E-state index contributed by atoms with van der Waals surface area (Å²) in [6, 6.07) is 26.2. The minimum Gasteiger partial charge on any atom is -0.328 e. The van der Waals surface area contributed by atoms with E-state index in [1.54, 1.807) is 4.68 Å². The Morgan fingerprint density at radius 1 is 0.944 bits per heavy atom. The number of anilines is 2. The molecule has 0 fully saturated rings. The molecular formula is C28H25N5O2S. The second-order valence-electron chi connectivity index (χ2n) is 8.54. The molecule has 0 aliphatic carbocycles. The Hall–Kier alpha value is -4.17. The number of hydrogen-bond acceptors (Lipinski definition) is 6. The van der Waals surface area contributed by atoms with Crippen molar-refractivity contribution in [1.29, 1.82) is 0 Å². The van der Waals surface area contributed by atoms with E-state index >= 15 is 0 Å². The lowest BCUT2D eigenvalue weighted by atomic mass is 9.95. The van der Waals surface area contributed by atoms with Crippen LogP contribution in [-0.4, -0.2) is 32.2 Å². The van der Waals surface area contributed by atoms with E-state index in [-0.39, 0.29) is 17.4 Å². The second kappa shape index (κ2) is 10.2. The van der Waals surface area contributed by atoms with Crippen LogP contribution in [0.4, 0.5) is 11.6 Å². The van der Waals surface area contributed by atoms with E-state index in [0.717, 1.165) is 11.1 Å². The zero-order valence-corrected chi connectivity index (χ0v) is 20.8. The van der Waals surface area contributed by atoms with Crippen molar-refractivity contribution >= 4 is 35.1 Å². The summed E-state index contributed by atoms with van der Waals surface area (Å²) in [5.74, 6) is 0.543. The normalized spacial score (nSPS) is 14.7. The summed E-state index contributed by atoms with van der Waals surface area (Å²) in [4.78, 5) is 30.7. The number of rotatable bonds is 7. The molecule has 7 nitrogen and oxygen atoms in total. The number of nitrogens with zero attached hydrogens (tertiary/aromatic N) is 3. The number of ketones is 1. The molecule has 1 aromatic heterocycles. The number of amides is 1. The summed E-state index contributed by atoms with van der Waals surface area (Å²) in [7, 11) is 0. The standard InChI is InChI=1S/C28H25N5O2S/c1-18-13-15-20(16-14-18)23(34)17-36-28-31-27-29-19(2)24(26(35)30-22-11-7-4-8-12-22)25(33(27)32-28)21-9-5-3-6-10-21/h3-16,25H,17H2,1-2H3,(H,30,35)(H,29,31,32)/t25-/m1/s1. The predicted octanol–water partition coefficient (Wildman–Crippen LogP) is 5.49. The molecule has 1 aliphatic heterocycles. The molecule has 0 spiro atoms. The van der Waals surface area contributed by atoms with E-state index < -0.39 is 6.04 Å². The highest BCUT2D eigenvalue weighted by Crippen LogP contribution is 2.36. The maximum atomic E-state index is 13.5. The number of aromatic nitrogens is 3. The van der Waals surface area contributed by atoms with Crippen LogP contribution in [-0.2, 0) is 4.79 Å². The lowest BCUT2D eigenvalue weighted by Crippen LogP contribution is -2.31. The molecule has 0 radical (unpaired) electrons. The van der Waals surface area contributed by atoms with Gasteiger partial charge >= 0.3 is 0 Å². The molecule has 1 amide bonds. The topological polar surface area (TPSA) is 88.9 Å².